The highest BCUT2D eigenvalue weighted by Gasteiger charge is 2.40. The van der Waals surface area contributed by atoms with Gasteiger partial charge in [-0.2, -0.15) is 13.2 Å². The number of allylic oxidation sites excluding steroid dienone is 1. The summed E-state index contributed by atoms with van der Waals surface area (Å²) in [5, 5.41) is -0.968. The molecule has 0 aromatic heterocycles. The Bertz CT molecular complexity index is 197. The monoisotopic (exact) mass is 202 g/mol. The lowest BCUT2D eigenvalue weighted by atomic mass is 10.4. The van der Waals surface area contributed by atoms with Crippen LogP contribution >= 0.6 is 11.6 Å². The predicted octanol–water partition coefficient (Wildman–Crippen LogP) is 2.23. The Morgan fingerprint density at radius 2 is 2.08 bits per heavy atom. The van der Waals surface area contributed by atoms with E-state index in [1.54, 1.807) is 6.92 Å². The molecule has 0 aromatic rings. The maximum atomic E-state index is 11.6. The molecule has 12 heavy (non-hydrogen) atoms. The molecule has 0 spiro atoms. The smallest absolute Gasteiger partial charge is 0.455 e. The number of rotatable bonds is 3. The van der Waals surface area contributed by atoms with E-state index in [4.69, 9.17) is 11.6 Å². The highest BCUT2D eigenvalue weighted by atomic mass is 35.5. The average molecular weight is 203 g/mol. The average Bonchev–Trinajstić information content (AvgIpc) is 1.97. The molecule has 6 heteroatoms. The number of halogens is 4. The Labute approximate surface area is 71.9 Å². The van der Waals surface area contributed by atoms with Crippen LogP contribution in [0.15, 0.2) is 11.3 Å². The van der Waals surface area contributed by atoms with Gasteiger partial charge in [-0.1, -0.05) is 11.6 Å². The zero-order valence-corrected chi connectivity index (χ0v) is 6.87. The summed E-state index contributed by atoms with van der Waals surface area (Å²) >= 11 is 4.96. The molecule has 2 nitrogen and oxygen atoms in total. The first-order valence-corrected chi connectivity index (χ1v) is 3.36. The fraction of sp³-hybridized carbons (Fsp3) is 0.500. The number of carbonyl (C=O) groups excluding carboxylic acids is 1. The van der Waals surface area contributed by atoms with Crippen molar-refractivity contribution in [2.45, 2.75) is 13.1 Å². The molecule has 0 aliphatic heterocycles. The van der Waals surface area contributed by atoms with E-state index in [9.17, 15) is 18.0 Å². The van der Waals surface area contributed by atoms with Crippen molar-refractivity contribution in [3.63, 3.8) is 0 Å². The SMILES string of the molecule is CCO/C=C(/Cl)C(=O)C(F)(F)F. The predicted molar refractivity (Wildman–Crippen MR) is 36.6 cm³/mol. The van der Waals surface area contributed by atoms with Crippen LogP contribution in [-0.2, 0) is 9.53 Å². The third-order valence-corrected chi connectivity index (χ3v) is 1.09. The van der Waals surface area contributed by atoms with Gasteiger partial charge in [0.2, 0.25) is 0 Å². The molecule has 0 aliphatic rings. The summed E-state index contributed by atoms with van der Waals surface area (Å²) in [6.07, 6.45) is -4.36. The maximum absolute atomic E-state index is 11.6. The topological polar surface area (TPSA) is 26.3 Å². The number of ketones is 1. The first kappa shape index (κ1) is 11.3. The van der Waals surface area contributed by atoms with E-state index in [1.807, 2.05) is 0 Å². The van der Waals surface area contributed by atoms with Crippen molar-refractivity contribution in [2.24, 2.45) is 0 Å². The van der Waals surface area contributed by atoms with Crippen molar-refractivity contribution in [2.75, 3.05) is 6.61 Å². The van der Waals surface area contributed by atoms with Crippen LogP contribution in [0.2, 0.25) is 0 Å². The number of Topliss-reactive ketones (excluding diaryl/α,β-unsaturated/α-hetero) is 1. The van der Waals surface area contributed by atoms with Gasteiger partial charge in [0.1, 0.15) is 11.3 Å². The summed E-state index contributed by atoms with van der Waals surface area (Å²) in [6, 6.07) is 0. The molecule has 0 N–H and O–H groups in total. The minimum atomic E-state index is -4.94. The molecule has 0 bridgehead atoms. The lowest BCUT2D eigenvalue weighted by Gasteiger charge is -2.02. The second kappa shape index (κ2) is 4.35. The molecule has 0 atom stereocenters. The van der Waals surface area contributed by atoms with E-state index in [-0.39, 0.29) is 6.61 Å². The van der Waals surface area contributed by atoms with Crippen LogP contribution in [0.25, 0.3) is 0 Å². The van der Waals surface area contributed by atoms with Gasteiger partial charge in [0.05, 0.1) is 6.61 Å². The number of alkyl halides is 3. The highest BCUT2D eigenvalue weighted by molar-refractivity contribution is 6.43. The molecule has 0 rings (SSSR count). The minimum Gasteiger partial charge on any atom is -0.500 e. The molecule has 0 amide bonds. The van der Waals surface area contributed by atoms with Crippen LogP contribution in [0.1, 0.15) is 6.92 Å². The number of ether oxygens (including phenoxy) is 1. The molecule has 0 saturated carbocycles. The fourth-order valence-corrected chi connectivity index (χ4v) is 0.516. The molecule has 0 aliphatic carbocycles. The van der Waals surface area contributed by atoms with E-state index in [0.717, 1.165) is 0 Å². The van der Waals surface area contributed by atoms with Gasteiger partial charge in [0, 0.05) is 0 Å². The Morgan fingerprint density at radius 1 is 1.58 bits per heavy atom. The van der Waals surface area contributed by atoms with E-state index in [2.05, 4.69) is 4.74 Å². The molecule has 0 fully saturated rings. The Kier molecular flexibility index (Phi) is 4.09. The van der Waals surface area contributed by atoms with Gasteiger partial charge in [-0.05, 0) is 6.92 Å². The molecule has 0 radical (unpaired) electrons. The molecule has 70 valence electrons. The van der Waals surface area contributed by atoms with Crippen molar-refractivity contribution in [1.82, 2.24) is 0 Å². The van der Waals surface area contributed by atoms with Gasteiger partial charge in [0.25, 0.3) is 5.78 Å². The van der Waals surface area contributed by atoms with E-state index >= 15 is 0 Å². The largest absolute Gasteiger partial charge is 0.500 e. The van der Waals surface area contributed by atoms with Crippen molar-refractivity contribution < 1.29 is 22.7 Å². The quantitative estimate of drug-likeness (QED) is 0.518. The van der Waals surface area contributed by atoms with Crippen LogP contribution in [0, 0.1) is 0 Å². The first-order valence-electron chi connectivity index (χ1n) is 2.98. The summed E-state index contributed by atoms with van der Waals surface area (Å²) in [5.74, 6) is -2.10. The van der Waals surface area contributed by atoms with Crippen LogP contribution in [0.5, 0.6) is 0 Å². The van der Waals surface area contributed by atoms with Crippen molar-refractivity contribution in [3.8, 4) is 0 Å². The highest BCUT2D eigenvalue weighted by Crippen LogP contribution is 2.22. The Morgan fingerprint density at radius 3 is 2.42 bits per heavy atom. The number of carbonyl (C=O) groups is 1. The Balaban J connectivity index is 4.30. The van der Waals surface area contributed by atoms with Crippen LogP contribution in [0.4, 0.5) is 13.2 Å². The standard InChI is InChI=1S/C6H6ClF3O2/c1-2-12-3-4(7)5(11)6(8,9)10/h3H,2H2,1H3/b4-3+. The van der Waals surface area contributed by atoms with Gasteiger partial charge in [-0.15, -0.1) is 0 Å². The third kappa shape index (κ3) is 3.61. The summed E-state index contributed by atoms with van der Waals surface area (Å²) in [6.45, 7) is 1.71. The Hall–Kier alpha value is -0.710. The summed E-state index contributed by atoms with van der Waals surface area (Å²) in [5.41, 5.74) is 0. The normalized spacial score (nSPS) is 12.9. The zero-order chi connectivity index (χ0) is 9.78. The zero-order valence-electron chi connectivity index (χ0n) is 6.11. The number of hydrogen-bond acceptors (Lipinski definition) is 2. The summed E-state index contributed by atoms with van der Waals surface area (Å²) < 4.78 is 39.2. The van der Waals surface area contributed by atoms with Gasteiger partial charge in [0.15, 0.2) is 0 Å². The van der Waals surface area contributed by atoms with Gasteiger partial charge < -0.3 is 4.74 Å². The first-order chi connectivity index (χ1) is 5.39. The van der Waals surface area contributed by atoms with Gasteiger partial charge in [-0.3, -0.25) is 4.79 Å². The molecule has 0 aromatic carbocycles. The van der Waals surface area contributed by atoms with Gasteiger partial charge in [-0.25, -0.2) is 0 Å². The lowest BCUT2D eigenvalue weighted by Crippen LogP contribution is -2.22. The lowest BCUT2D eigenvalue weighted by molar-refractivity contribution is -0.165. The summed E-state index contributed by atoms with van der Waals surface area (Å²) in [7, 11) is 0. The molecule has 0 saturated heterocycles. The van der Waals surface area contributed by atoms with Crippen molar-refractivity contribution in [1.29, 1.82) is 0 Å². The minimum absolute atomic E-state index is 0.154. The molecule has 0 unspecified atom stereocenters. The molecule has 0 heterocycles. The van der Waals surface area contributed by atoms with Crippen LogP contribution in [-0.4, -0.2) is 18.6 Å². The second-order valence-electron chi connectivity index (χ2n) is 1.75. The van der Waals surface area contributed by atoms with Crippen molar-refractivity contribution in [3.05, 3.63) is 11.3 Å². The van der Waals surface area contributed by atoms with Gasteiger partial charge >= 0.3 is 6.18 Å². The van der Waals surface area contributed by atoms with Crippen LogP contribution in [0.3, 0.4) is 0 Å². The van der Waals surface area contributed by atoms with E-state index < -0.39 is 17.0 Å². The third-order valence-electron chi connectivity index (χ3n) is 0.828. The van der Waals surface area contributed by atoms with Crippen molar-refractivity contribution >= 4 is 17.4 Å². The summed E-state index contributed by atoms with van der Waals surface area (Å²) in [4.78, 5) is 10.3. The fourth-order valence-electron chi connectivity index (χ4n) is 0.345. The molecular formula is C6H6ClF3O2. The second-order valence-corrected chi connectivity index (χ2v) is 2.16. The number of hydrogen-bond donors (Lipinski definition) is 0. The maximum Gasteiger partial charge on any atom is 0.455 e. The van der Waals surface area contributed by atoms with Crippen LogP contribution < -0.4 is 0 Å². The molecular weight excluding hydrogens is 197 g/mol. The van der Waals surface area contributed by atoms with E-state index in [1.165, 1.54) is 0 Å². The van der Waals surface area contributed by atoms with E-state index in [0.29, 0.717) is 6.26 Å².